The van der Waals surface area contributed by atoms with Gasteiger partial charge in [-0.05, 0) is 24.8 Å². The zero-order valence-corrected chi connectivity index (χ0v) is 11.7. The first-order chi connectivity index (χ1) is 8.72. The van der Waals surface area contributed by atoms with Crippen molar-refractivity contribution in [3.63, 3.8) is 0 Å². The molecule has 2 rings (SSSR count). The molecule has 0 aromatic carbocycles. The van der Waals surface area contributed by atoms with Crippen molar-refractivity contribution in [2.45, 2.75) is 32.6 Å². The highest BCUT2D eigenvalue weighted by molar-refractivity contribution is 7.80. The maximum absolute atomic E-state index is 5.77. The van der Waals surface area contributed by atoms with Crippen molar-refractivity contribution in [2.75, 3.05) is 18.0 Å². The molecule has 1 aliphatic heterocycles. The van der Waals surface area contributed by atoms with E-state index in [4.69, 9.17) is 18.0 Å². The molecule has 0 spiro atoms. The fraction of sp³-hybridized carbons (Fsp3) is 0.571. The molecule has 2 N–H and O–H groups in total. The molecule has 98 valence electrons. The molecular formula is C14H21N3S. The maximum atomic E-state index is 5.77. The zero-order chi connectivity index (χ0) is 13.0. The number of nitrogens with two attached hydrogens (primary N) is 1. The van der Waals surface area contributed by atoms with Crippen molar-refractivity contribution >= 4 is 22.9 Å². The summed E-state index contributed by atoms with van der Waals surface area (Å²) in [7, 11) is 0. The first kappa shape index (κ1) is 13.3. The van der Waals surface area contributed by atoms with E-state index >= 15 is 0 Å². The molecule has 0 aliphatic carbocycles. The molecule has 1 aliphatic rings. The summed E-state index contributed by atoms with van der Waals surface area (Å²) in [5.41, 5.74) is 7.82. The molecule has 0 amide bonds. The molecule has 1 fully saturated rings. The Balaban J connectivity index is 2.07. The Morgan fingerprint density at radius 1 is 1.50 bits per heavy atom. The Hall–Kier alpha value is -1.16. The zero-order valence-electron chi connectivity index (χ0n) is 10.9. The number of aromatic nitrogens is 1. The van der Waals surface area contributed by atoms with E-state index in [2.05, 4.69) is 16.8 Å². The molecule has 2 heterocycles. The number of nitrogens with zero attached hydrogens (tertiary/aromatic N) is 2. The largest absolute Gasteiger partial charge is 0.389 e. The predicted octanol–water partition coefficient (Wildman–Crippen LogP) is 2.73. The van der Waals surface area contributed by atoms with Crippen molar-refractivity contribution in [1.29, 1.82) is 0 Å². The van der Waals surface area contributed by atoms with Gasteiger partial charge in [0.25, 0.3) is 0 Å². The number of pyridine rings is 1. The average Bonchev–Trinajstić information content (AvgIpc) is 2.40. The van der Waals surface area contributed by atoms with Gasteiger partial charge in [0.2, 0.25) is 0 Å². The van der Waals surface area contributed by atoms with Crippen molar-refractivity contribution < 1.29 is 0 Å². The van der Waals surface area contributed by atoms with E-state index in [0.29, 0.717) is 4.99 Å². The van der Waals surface area contributed by atoms with Crippen LogP contribution in [-0.2, 0) is 0 Å². The van der Waals surface area contributed by atoms with E-state index in [-0.39, 0.29) is 0 Å². The summed E-state index contributed by atoms with van der Waals surface area (Å²) in [6.07, 6.45) is 8.80. The van der Waals surface area contributed by atoms with Gasteiger partial charge in [0.1, 0.15) is 4.99 Å². The fourth-order valence-electron chi connectivity index (χ4n) is 2.72. The first-order valence-electron chi connectivity index (χ1n) is 6.71. The highest BCUT2D eigenvalue weighted by Gasteiger charge is 2.21. The highest BCUT2D eigenvalue weighted by Crippen LogP contribution is 2.27. The Kier molecular flexibility index (Phi) is 4.53. The van der Waals surface area contributed by atoms with Gasteiger partial charge in [0.05, 0.1) is 11.9 Å². The minimum atomic E-state index is 0.461. The number of anilines is 1. The Labute approximate surface area is 114 Å². The summed E-state index contributed by atoms with van der Waals surface area (Å²) in [6.45, 7) is 4.44. The van der Waals surface area contributed by atoms with Gasteiger partial charge in [0, 0.05) is 24.8 Å². The van der Waals surface area contributed by atoms with Gasteiger partial charge in [-0.1, -0.05) is 32.0 Å². The normalized spacial score (nSPS) is 16.8. The first-order valence-corrected chi connectivity index (χ1v) is 7.12. The van der Waals surface area contributed by atoms with Gasteiger partial charge in [-0.15, -0.1) is 0 Å². The van der Waals surface area contributed by atoms with Crippen LogP contribution in [-0.4, -0.2) is 23.1 Å². The Morgan fingerprint density at radius 2 is 2.22 bits per heavy atom. The number of hydrogen-bond donors (Lipinski definition) is 1. The summed E-state index contributed by atoms with van der Waals surface area (Å²) in [5, 5.41) is 0. The van der Waals surface area contributed by atoms with E-state index in [0.717, 1.165) is 30.3 Å². The highest BCUT2D eigenvalue weighted by atomic mass is 32.1. The van der Waals surface area contributed by atoms with Crippen LogP contribution in [0.2, 0.25) is 0 Å². The second-order valence-electron chi connectivity index (χ2n) is 4.98. The molecule has 0 unspecified atom stereocenters. The Bertz CT molecular complexity index is 411. The average molecular weight is 263 g/mol. The lowest BCUT2D eigenvalue weighted by Crippen LogP contribution is -2.35. The van der Waals surface area contributed by atoms with Crippen molar-refractivity contribution in [3.05, 3.63) is 24.0 Å². The van der Waals surface area contributed by atoms with Gasteiger partial charge in [0.15, 0.2) is 0 Å². The lowest BCUT2D eigenvalue weighted by Gasteiger charge is -2.34. The van der Waals surface area contributed by atoms with Crippen LogP contribution >= 0.6 is 12.2 Å². The van der Waals surface area contributed by atoms with Crippen LogP contribution in [0.3, 0.4) is 0 Å². The number of piperidine rings is 1. The lowest BCUT2D eigenvalue weighted by atomic mass is 9.92. The Morgan fingerprint density at radius 3 is 2.83 bits per heavy atom. The summed E-state index contributed by atoms with van der Waals surface area (Å²) < 4.78 is 0. The molecule has 0 bridgehead atoms. The summed E-state index contributed by atoms with van der Waals surface area (Å²) in [6, 6.07) is 1.91. The molecule has 1 saturated heterocycles. The molecule has 1 aromatic heterocycles. The van der Waals surface area contributed by atoms with Gasteiger partial charge >= 0.3 is 0 Å². The molecule has 1 aromatic rings. The molecule has 4 heteroatoms. The van der Waals surface area contributed by atoms with Gasteiger partial charge in [-0.3, -0.25) is 4.98 Å². The minimum Gasteiger partial charge on any atom is -0.389 e. The molecule has 0 atom stereocenters. The maximum Gasteiger partial charge on any atom is 0.106 e. The molecule has 0 saturated carbocycles. The van der Waals surface area contributed by atoms with Crippen LogP contribution < -0.4 is 10.6 Å². The third kappa shape index (κ3) is 2.99. The second-order valence-corrected chi connectivity index (χ2v) is 5.42. The fourth-order valence-corrected chi connectivity index (χ4v) is 2.89. The molecule has 0 radical (unpaired) electrons. The van der Waals surface area contributed by atoms with Crippen molar-refractivity contribution in [2.24, 2.45) is 11.7 Å². The minimum absolute atomic E-state index is 0.461. The summed E-state index contributed by atoms with van der Waals surface area (Å²) in [5.74, 6) is 0.885. The van der Waals surface area contributed by atoms with E-state index in [1.165, 1.54) is 25.7 Å². The topological polar surface area (TPSA) is 42.2 Å². The standard InChI is InChI=1S/C14H21N3S/c1-2-3-11-5-8-17(9-6-11)13-10-16-7-4-12(13)14(15)18/h4,7,10-11H,2-3,5-6,8-9H2,1H3,(H2,15,18). The molecular weight excluding hydrogens is 242 g/mol. The van der Waals surface area contributed by atoms with Gasteiger partial charge in [-0.25, -0.2) is 0 Å². The summed E-state index contributed by atoms with van der Waals surface area (Å²) in [4.78, 5) is 7.03. The third-order valence-corrected chi connectivity index (χ3v) is 3.94. The van der Waals surface area contributed by atoms with Crippen molar-refractivity contribution in [3.8, 4) is 0 Å². The number of thiocarbonyl (C=S) groups is 1. The molecule has 3 nitrogen and oxygen atoms in total. The molecule has 18 heavy (non-hydrogen) atoms. The van der Waals surface area contributed by atoms with Gasteiger partial charge < -0.3 is 10.6 Å². The van der Waals surface area contributed by atoms with Crippen LogP contribution in [0, 0.1) is 5.92 Å². The van der Waals surface area contributed by atoms with Crippen LogP contribution in [0.25, 0.3) is 0 Å². The van der Waals surface area contributed by atoms with Crippen LogP contribution in [0.15, 0.2) is 18.5 Å². The lowest BCUT2D eigenvalue weighted by molar-refractivity contribution is 0.378. The second kappa shape index (κ2) is 6.14. The smallest absolute Gasteiger partial charge is 0.106 e. The SMILES string of the molecule is CCCC1CCN(c2cnccc2C(N)=S)CC1. The summed E-state index contributed by atoms with van der Waals surface area (Å²) >= 11 is 5.11. The van der Waals surface area contributed by atoms with E-state index < -0.39 is 0 Å². The third-order valence-electron chi connectivity index (χ3n) is 3.72. The van der Waals surface area contributed by atoms with Crippen molar-refractivity contribution in [1.82, 2.24) is 4.98 Å². The van der Waals surface area contributed by atoms with E-state index in [1.807, 2.05) is 12.3 Å². The monoisotopic (exact) mass is 263 g/mol. The van der Waals surface area contributed by atoms with Crippen LogP contribution in [0.4, 0.5) is 5.69 Å². The van der Waals surface area contributed by atoms with E-state index in [1.54, 1.807) is 6.20 Å². The predicted molar refractivity (Wildman–Crippen MR) is 80.0 cm³/mol. The van der Waals surface area contributed by atoms with E-state index in [9.17, 15) is 0 Å². The quantitative estimate of drug-likeness (QED) is 0.848. The number of hydrogen-bond acceptors (Lipinski definition) is 3. The number of rotatable bonds is 4. The van der Waals surface area contributed by atoms with Crippen LogP contribution in [0.1, 0.15) is 38.2 Å². The van der Waals surface area contributed by atoms with Crippen LogP contribution in [0.5, 0.6) is 0 Å². The van der Waals surface area contributed by atoms with Gasteiger partial charge in [-0.2, -0.15) is 0 Å².